The van der Waals surface area contributed by atoms with Crippen LogP contribution in [-0.4, -0.2) is 58.8 Å². The van der Waals surface area contributed by atoms with Crippen molar-refractivity contribution < 1.29 is 4.42 Å². The number of aromatic nitrogens is 4. The molecule has 0 N–H and O–H groups in total. The lowest BCUT2D eigenvalue weighted by Crippen LogP contribution is -2.55. The zero-order valence-corrected chi connectivity index (χ0v) is 29.4. The minimum Gasteiger partial charge on any atom is -0.456 e. The fourth-order valence-corrected chi connectivity index (χ4v) is 7.64. The predicted octanol–water partition coefficient (Wildman–Crippen LogP) is 5.51. The van der Waals surface area contributed by atoms with Crippen LogP contribution < -0.4 is 27.3 Å². The summed E-state index contributed by atoms with van der Waals surface area (Å²) in [5.41, 5.74) is 9.39. The van der Waals surface area contributed by atoms with E-state index in [1.54, 1.807) is 0 Å². The second kappa shape index (κ2) is 12.8. The maximum absolute atomic E-state index is 6.48. The summed E-state index contributed by atoms with van der Waals surface area (Å²) in [4.78, 5) is 15.0. The summed E-state index contributed by atoms with van der Waals surface area (Å²) in [5.74, 6) is 1.48. The highest BCUT2D eigenvalue weighted by Gasteiger charge is 2.20. The first-order chi connectivity index (χ1) is 26.9. The van der Waals surface area contributed by atoms with E-state index in [1.165, 1.54) is 10.8 Å². The first-order valence-corrected chi connectivity index (χ1v) is 17.7. The highest BCUT2D eigenvalue weighted by molar-refractivity contribution is 6.68. The van der Waals surface area contributed by atoms with Crippen LogP contribution in [-0.2, 0) is 0 Å². The van der Waals surface area contributed by atoms with Gasteiger partial charge in [-0.2, -0.15) is 0 Å². The van der Waals surface area contributed by atoms with Gasteiger partial charge in [0.2, 0.25) is 0 Å². The van der Waals surface area contributed by atoms with E-state index in [4.69, 9.17) is 58.6 Å². The van der Waals surface area contributed by atoms with Crippen molar-refractivity contribution in [2.24, 2.45) is 0 Å². The summed E-state index contributed by atoms with van der Waals surface area (Å²) in [6, 6.07) is 46.7. The van der Waals surface area contributed by atoms with Gasteiger partial charge in [-0.25, -0.2) is 15.0 Å². The van der Waals surface area contributed by atoms with Gasteiger partial charge in [0.25, 0.3) is 0 Å². The molecule has 10 aromatic rings. The van der Waals surface area contributed by atoms with Crippen molar-refractivity contribution in [1.29, 1.82) is 0 Å². The third-order valence-corrected chi connectivity index (χ3v) is 10.3. The third-order valence-electron chi connectivity index (χ3n) is 10.3. The molecule has 0 bridgehead atoms. The van der Waals surface area contributed by atoms with Gasteiger partial charge in [0.15, 0.2) is 17.5 Å². The van der Waals surface area contributed by atoms with E-state index in [0.29, 0.717) is 28.6 Å². The molecule has 3 heterocycles. The van der Waals surface area contributed by atoms with Crippen LogP contribution in [0.4, 0.5) is 0 Å². The Labute approximate surface area is 323 Å². The van der Waals surface area contributed by atoms with Crippen LogP contribution in [0.1, 0.15) is 0 Å². The standard InChI is InChI=1S/C45H23B5N4O/c46-38-36(39(47)41(49)42(50)40(38)48)25-12-8-13-26(22-25)44-51-43(24-10-2-1-3-11-24)52-45(53-44)27-20-21-34-30(23-27)37-33(18-9-19-35(37)55-34)54-31-16-6-4-14-28(31)29-15-5-7-17-32(29)54/h1-23H. The SMILES string of the molecule is [B]c1c([B])c([B])c(-c2cccc(-c3nc(-c4ccccc4)nc(-c4ccc5oc6cccc(-n7c8ccccc8c8ccccc87)c6c5c4)n3)c2)c([B])c1[B]. The third kappa shape index (κ3) is 5.27. The van der Waals surface area contributed by atoms with E-state index < -0.39 is 0 Å². The van der Waals surface area contributed by atoms with Crippen LogP contribution in [0, 0.1) is 0 Å². The highest BCUT2D eigenvalue weighted by atomic mass is 16.3. The maximum atomic E-state index is 6.48. The number of furan rings is 1. The fraction of sp³-hybridized carbons (Fsp3) is 0. The first-order valence-electron chi connectivity index (χ1n) is 17.7. The molecular weight excluding hydrogens is 667 g/mol. The lowest BCUT2D eigenvalue weighted by atomic mass is 9.59. The quantitative estimate of drug-likeness (QED) is 0.224. The molecule has 0 saturated heterocycles. The number of para-hydroxylation sites is 2. The molecule has 7 aromatic carbocycles. The van der Waals surface area contributed by atoms with Crippen molar-refractivity contribution in [2.75, 3.05) is 0 Å². The van der Waals surface area contributed by atoms with E-state index in [-0.39, 0.29) is 27.3 Å². The Morgan fingerprint density at radius 1 is 0.400 bits per heavy atom. The monoisotopic (exact) mass is 690 g/mol. The van der Waals surface area contributed by atoms with Crippen LogP contribution in [0.5, 0.6) is 0 Å². The van der Waals surface area contributed by atoms with Gasteiger partial charge in [-0.05, 0) is 59.7 Å². The molecule has 0 aliphatic rings. The number of rotatable bonds is 5. The van der Waals surface area contributed by atoms with Crippen LogP contribution in [0.15, 0.2) is 144 Å². The molecule has 0 unspecified atom stereocenters. The van der Waals surface area contributed by atoms with E-state index >= 15 is 0 Å². The molecule has 10 radical (unpaired) electrons. The summed E-state index contributed by atoms with van der Waals surface area (Å²) in [7, 11) is 31.5. The van der Waals surface area contributed by atoms with Crippen molar-refractivity contribution in [1.82, 2.24) is 19.5 Å². The topological polar surface area (TPSA) is 56.7 Å². The molecule has 0 aliphatic heterocycles. The van der Waals surface area contributed by atoms with Crippen LogP contribution in [0.2, 0.25) is 0 Å². The van der Waals surface area contributed by atoms with Crippen molar-refractivity contribution in [3.63, 3.8) is 0 Å². The summed E-state index contributed by atoms with van der Waals surface area (Å²) >= 11 is 0. The number of nitrogens with zero attached hydrogens (tertiary/aromatic N) is 4. The van der Waals surface area contributed by atoms with Gasteiger partial charge in [-0.1, -0.05) is 102 Å². The van der Waals surface area contributed by atoms with Gasteiger partial charge in [0.1, 0.15) is 50.4 Å². The minimum atomic E-state index is 0.161. The maximum Gasteiger partial charge on any atom is 0.164 e. The van der Waals surface area contributed by atoms with Crippen molar-refractivity contribution in [3.05, 3.63) is 140 Å². The molecule has 55 heavy (non-hydrogen) atoms. The van der Waals surface area contributed by atoms with Crippen LogP contribution in [0.25, 0.3) is 94.7 Å². The number of benzene rings is 7. The van der Waals surface area contributed by atoms with Crippen molar-refractivity contribution in [2.45, 2.75) is 0 Å². The molecule has 10 heteroatoms. The average molecular weight is 690 g/mol. The molecule has 0 amide bonds. The van der Waals surface area contributed by atoms with E-state index in [0.717, 1.165) is 55.3 Å². The Morgan fingerprint density at radius 3 is 1.60 bits per heavy atom. The second-order valence-corrected chi connectivity index (χ2v) is 13.5. The molecule has 10 rings (SSSR count). The molecule has 0 aliphatic carbocycles. The zero-order chi connectivity index (χ0) is 37.4. The summed E-state index contributed by atoms with van der Waals surface area (Å²) < 4.78 is 8.80. The molecule has 244 valence electrons. The highest BCUT2D eigenvalue weighted by Crippen LogP contribution is 2.39. The van der Waals surface area contributed by atoms with E-state index in [1.807, 2.05) is 78.9 Å². The number of fused-ring (bicyclic) bond motifs is 6. The molecule has 3 aromatic heterocycles. The van der Waals surface area contributed by atoms with Crippen LogP contribution >= 0.6 is 0 Å². The Kier molecular flexibility index (Phi) is 7.70. The fourth-order valence-electron chi connectivity index (χ4n) is 7.64. The molecule has 0 saturated carbocycles. The molecule has 0 atom stereocenters. The molecular formula is C45H23B5N4O. The molecule has 5 nitrogen and oxygen atoms in total. The van der Waals surface area contributed by atoms with Crippen molar-refractivity contribution >= 4 is 110 Å². The zero-order valence-electron chi connectivity index (χ0n) is 29.4. The number of hydrogen-bond acceptors (Lipinski definition) is 4. The van der Waals surface area contributed by atoms with E-state index in [2.05, 4.69) is 65.2 Å². The second-order valence-electron chi connectivity index (χ2n) is 13.5. The Hall–Kier alpha value is -6.53. The van der Waals surface area contributed by atoms with Gasteiger partial charge in [0.05, 0.1) is 22.1 Å². The number of hydrogen-bond donors (Lipinski definition) is 0. The Bertz CT molecular complexity index is 3090. The summed E-state index contributed by atoms with van der Waals surface area (Å²) in [6.45, 7) is 0. The summed E-state index contributed by atoms with van der Waals surface area (Å²) in [5, 5.41) is 4.31. The molecule has 0 spiro atoms. The largest absolute Gasteiger partial charge is 0.456 e. The van der Waals surface area contributed by atoms with Gasteiger partial charge >= 0.3 is 0 Å². The van der Waals surface area contributed by atoms with Gasteiger partial charge < -0.3 is 8.98 Å². The van der Waals surface area contributed by atoms with E-state index in [9.17, 15) is 0 Å². The summed E-state index contributed by atoms with van der Waals surface area (Å²) in [6.07, 6.45) is 0. The van der Waals surface area contributed by atoms with Crippen LogP contribution in [0.3, 0.4) is 0 Å². The van der Waals surface area contributed by atoms with Gasteiger partial charge in [-0.3, -0.25) is 0 Å². The molecule has 0 fully saturated rings. The lowest BCUT2D eigenvalue weighted by Gasteiger charge is -2.21. The van der Waals surface area contributed by atoms with Gasteiger partial charge in [0, 0.05) is 32.8 Å². The van der Waals surface area contributed by atoms with Gasteiger partial charge in [-0.15, -0.1) is 16.4 Å². The smallest absolute Gasteiger partial charge is 0.164 e. The average Bonchev–Trinajstić information content (AvgIpc) is 3.78. The normalized spacial score (nSPS) is 11.6. The predicted molar refractivity (Wildman–Crippen MR) is 230 cm³/mol. The minimum absolute atomic E-state index is 0.161. The Balaban J connectivity index is 1.18. The van der Waals surface area contributed by atoms with Crippen molar-refractivity contribution in [3.8, 4) is 51.0 Å². The Morgan fingerprint density at radius 2 is 0.927 bits per heavy atom. The lowest BCUT2D eigenvalue weighted by molar-refractivity contribution is 0.669. The first kappa shape index (κ1) is 33.1.